The number of para-hydroxylation sites is 1. The summed E-state index contributed by atoms with van der Waals surface area (Å²) in [6.07, 6.45) is -4.48. The Morgan fingerprint density at radius 1 is 1.31 bits per heavy atom. The van der Waals surface area contributed by atoms with Gasteiger partial charge < -0.3 is 25.1 Å². The van der Waals surface area contributed by atoms with Crippen LogP contribution in [0.25, 0.3) is 0 Å². The fourth-order valence-electron chi connectivity index (χ4n) is 2.50. The number of nitrogens with zero attached hydrogens (tertiary/aromatic N) is 2. The Balaban J connectivity index is 1.62. The monoisotopic (exact) mass is 369 g/mol. The van der Waals surface area contributed by atoms with Crippen LogP contribution in [0.1, 0.15) is 6.23 Å². The number of nitrogens with two attached hydrogens (primary N) is 1. The number of rotatable bonds is 6. The predicted molar refractivity (Wildman–Crippen MR) is 85.7 cm³/mol. The number of aliphatic hydroxyl groups is 1. The molecule has 140 valence electrons. The van der Waals surface area contributed by atoms with Gasteiger partial charge in [-0.25, -0.2) is 4.79 Å². The van der Waals surface area contributed by atoms with Crippen molar-refractivity contribution in [3.63, 3.8) is 0 Å². The Hall–Kier alpha value is -2.56. The molecule has 2 heterocycles. The van der Waals surface area contributed by atoms with E-state index in [0.717, 1.165) is 6.20 Å². The number of ether oxygens (including phenoxy) is 3. The summed E-state index contributed by atoms with van der Waals surface area (Å²) in [4.78, 5) is 15.2. The first kappa shape index (κ1) is 18.2. The third-order valence-corrected chi connectivity index (χ3v) is 3.82. The molecular formula is C16H17F2N3O5. The largest absolute Gasteiger partial charge is 0.468 e. The molecule has 3 rings (SSSR count). The first-order valence-electron chi connectivity index (χ1n) is 7.71. The molecular weight excluding hydrogens is 352 g/mol. The van der Waals surface area contributed by atoms with Gasteiger partial charge in [0, 0.05) is 6.20 Å². The lowest BCUT2D eigenvalue weighted by Gasteiger charge is -2.20. The van der Waals surface area contributed by atoms with E-state index in [2.05, 4.69) is 4.98 Å². The average molecular weight is 369 g/mol. The molecule has 1 aliphatic rings. The van der Waals surface area contributed by atoms with Gasteiger partial charge >= 0.3 is 11.6 Å². The molecule has 1 aliphatic heterocycles. The van der Waals surface area contributed by atoms with Crippen LogP contribution in [-0.4, -0.2) is 46.2 Å². The highest BCUT2D eigenvalue weighted by Gasteiger charge is 2.59. The predicted octanol–water partition coefficient (Wildman–Crippen LogP) is 0.772. The van der Waals surface area contributed by atoms with Gasteiger partial charge in [0.05, 0.1) is 6.61 Å². The Kier molecular flexibility index (Phi) is 5.16. The maximum absolute atomic E-state index is 14.3. The van der Waals surface area contributed by atoms with Crippen LogP contribution in [0, 0.1) is 0 Å². The molecule has 3 atom stereocenters. The van der Waals surface area contributed by atoms with Crippen molar-refractivity contribution in [3.05, 3.63) is 53.1 Å². The molecule has 0 spiro atoms. The van der Waals surface area contributed by atoms with Crippen LogP contribution in [-0.2, 0) is 9.47 Å². The van der Waals surface area contributed by atoms with Crippen LogP contribution >= 0.6 is 0 Å². The first-order chi connectivity index (χ1) is 12.4. The number of halogens is 2. The standard InChI is InChI=1S/C16H17F2N3O5/c17-16(18)13(22)11(8-24-9-25-10-4-2-1-3-5-10)26-14(16)21-7-6-12(19)20-15(21)23/h1-7,11,13-14,22H,8-9H2,(H2,19,20,23)/t11?,13-,14+/m0/s1. The summed E-state index contributed by atoms with van der Waals surface area (Å²) in [5.41, 5.74) is 4.34. The van der Waals surface area contributed by atoms with Crippen LogP contribution in [0.15, 0.2) is 47.4 Å². The van der Waals surface area contributed by atoms with Gasteiger partial charge in [-0.2, -0.15) is 13.8 Å². The molecule has 1 unspecified atom stereocenters. The van der Waals surface area contributed by atoms with E-state index in [-0.39, 0.29) is 19.2 Å². The minimum atomic E-state index is -3.71. The fraction of sp³-hybridized carbons (Fsp3) is 0.375. The van der Waals surface area contributed by atoms with Crippen LogP contribution < -0.4 is 16.2 Å². The van der Waals surface area contributed by atoms with Crippen molar-refractivity contribution in [2.75, 3.05) is 19.1 Å². The van der Waals surface area contributed by atoms with Gasteiger partial charge in [0.2, 0.25) is 6.23 Å². The van der Waals surface area contributed by atoms with E-state index in [9.17, 15) is 18.7 Å². The zero-order valence-corrected chi connectivity index (χ0v) is 13.5. The molecule has 0 saturated carbocycles. The SMILES string of the molecule is Nc1ccn([C@@H]2OC(COCOc3ccccc3)[C@H](O)C2(F)F)c(=O)n1. The van der Waals surface area contributed by atoms with Gasteiger partial charge in [0.25, 0.3) is 0 Å². The van der Waals surface area contributed by atoms with E-state index in [0.29, 0.717) is 10.3 Å². The number of hydrogen-bond donors (Lipinski definition) is 2. The topological polar surface area (TPSA) is 109 Å². The van der Waals surface area contributed by atoms with Crippen molar-refractivity contribution < 1.29 is 28.1 Å². The fourth-order valence-corrected chi connectivity index (χ4v) is 2.50. The molecule has 1 aromatic carbocycles. The molecule has 3 N–H and O–H groups in total. The smallest absolute Gasteiger partial charge is 0.351 e. The van der Waals surface area contributed by atoms with E-state index >= 15 is 0 Å². The number of anilines is 1. The minimum absolute atomic E-state index is 0.106. The summed E-state index contributed by atoms with van der Waals surface area (Å²) >= 11 is 0. The highest BCUT2D eigenvalue weighted by molar-refractivity contribution is 5.24. The molecule has 2 aromatic rings. The van der Waals surface area contributed by atoms with Crippen LogP contribution in [0.2, 0.25) is 0 Å². The molecule has 1 fully saturated rings. The third kappa shape index (κ3) is 3.66. The zero-order chi connectivity index (χ0) is 18.7. The van der Waals surface area contributed by atoms with E-state index in [4.69, 9.17) is 19.9 Å². The lowest BCUT2D eigenvalue weighted by molar-refractivity contribution is -0.141. The Morgan fingerprint density at radius 3 is 2.73 bits per heavy atom. The Morgan fingerprint density at radius 2 is 2.04 bits per heavy atom. The van der Waals surface area contributed by atoms with E-state index in [1.54, 1.807) is 24.3 Å². The summed E-state index contributed by atoms with van der Waals surface area (Å²) < 4.78 is 44.8. The zero-order valence-electron chi connectivity index (χ0n) is 13.5. The van der Waals surface area contributed by atoms with Crippen molar-refractivity contribution in [1.29, 1.82) is 0 Å². The van der Waals surface area contributed by atoms with E-state index in [1.807, 2.05) is 6.07 Å². The van der Waals surface area contributed by atoms with E-state index < -0.39 is 30.0 Å². The van der Waals surface area contributed by atoms with Gasteiger partial charge in [-0.05, 0) is 18.2 Å². The molecule has 8 nitrogen and oxygen atoms in total. The maximum Gasteiger partial charge on any atom is 0.351 e. The van der Waals surface area contributed by atoms with Crippen LogP contribution in [0.5, 0.6) is 5.75 Å². The second kappa shape index (κ2) is 7.36. The summed E-state index contributed by atoms with van der Waals surface area (Å²) in [5, 5.41) is 9.85. The van der Waals surface area contributed by atoms with Crippen molar-refractivity contribution in [2.45, 2.75) is 24.4 Å². The second-order valence-electron chi connectivity index (χ2n) is 5.63. The number of hydrogen-bond acceptors (Lipinski definition) is 7. The number of benzene rings is 1. The van der Waals surface area contributed by atoms with Crippen LogP contribution in [0.4, 0.5) is 14.6 Å². The molecule has 0 radical (unpaired) electrons. The Labute approximate surface area is 146 Å². The minimum Gasteiger partial charge on any atom is -0.468 e. The number of aromatic nitrogens is 2. The number of nitrogen functional groups attached to an aromatic ring is 1. The molecule has 1 aromatic heterocycles. The summed E-state index contributed by atoms with van der Waals surface area (Å²) in [5.74, 6) is -3.27. The van der Waals surface area contributed by atoms with E-state index in [1.165, 1.54) is 6.07 Å². The maximum atomic E-state index is 14.3. The van der Waals surface area contributed by atoms with Crippen LogP contribution in [0.3, 0.4) is 0 Å². The molecule has 1 saturated heterocycles. The summed E-state index contributed by atoms with van der Waals surface area (Å²) in [6, 6.07) is 9.94. The van der Waals surface area contributed by atoms with Crippen molar-refractivity contribution >= 4 is 5.82 Å². The molecule has 0 aliphatic carbocycles. The molecule has 0 amide bonds. The van der Waals surface area contributed by atoms with Crippen molar-refractivity contribution in [2.24, 2.45) is 0 Å². The highest BCUT2D eigenvalue weighted by Crippen LogP contribution is 2.42. The second-order valence-corrected chi connectivity index (χ2v) is 5.63. The Bertz CT molecular complexity index is 802. The summed E-state index contributed by atoms with van der Waals surface area (Å²) in [7, 11) is 0. The highest BCUT2D eigenvalue weighted by atomic mass is 19.3. The molecule has 0 bridgehead atoms. The first-order valence-corrected chi connectivity index (χ1v) is 7.71. The van der Waals surface area contributed by atoms with Gasteiger partial charge in [-0.3, -0.25) is 4.57 Å². The van der Waals surface area contributed by atoms with Gasteiger partial charge in [-0.1, -0.05) is 18.2 Å². The van der Waals surface area contributed by atoms with Gasteiger partial charge in [0.1, 0.15) is 17.7 Å². The number of alkyl halides is 2. The molecule has 26 heavy (non-hydrogen) atoms. The van der Waals surface area contributed by atoms with Gasteiger partial charge in [-0.15, -0.1) is 0 Å². The molecule has 10 heteroatoms. The van der Waals surface area contributed by atoms with Crippen molar-refractivity contribution in [3.8, 4) is 5.75 Å². The quantitative estimate of drug-likeness (QED) is 0.572. The van der Waals surface area contributed by atoms with Crippen molar-refractivity contribution in [1.82, 2.24) is 9.55 Å². The lowest BCUT2D eigenvalue weighted by atomic mass is 10.1. The lowest BCUT2D eigenvalue weighted by Crippen LogP contribution is -2.42. The normalized spacial score (nSPS) is 24.5. The average Bonchev–Trinajstić information content (AvgIpc) is 2.83. The number of aliphatic hydroxyl groups excluding tert-OH is 1. The third-order valence-electron chi connectivity index (χ3n) is 3.82. The summed E-state index contributed by atoms with van der Waals surface area (Å²) in [6.45, 7) is -0.562. The van der Waals surface area contributed by atoms with Gasteiger partial charge in [0.15, 0.2) is 12.9 Å².